The Balaban J connectivity index is 1.49. The number of hydrogen-bond donors (Lipinski definition) is 1. The number of amides is 1. The van der Waals surface area contributed by atoms with Crippen LogP contribution in [0.5, 0.6) is 11.5 Å². The zero-order valence-electron chi connectivity index (χ0n) is 16.6. The predicted octanol–water partition coefficient (Wildman–Crippen LogP) is 3.72. The largest absolute Gasteiger partial charge is 0.495 e. The van der Waals surface area contributed by atoms with Gasteiger partial charge in [-0.1, -0.05) is 18.5 Å². The lowest BCUT2D eigenvalue weighted by atomic mass is 10.1. The summed E-state index contributed by atoms with van der Waals surface area (Å²) in [5.41, 5.74) is 1.57. The molecule has 0 bridgehead atoms. The molecule has 2 aromatic rings. The van der Waals surface area contributed by atoms with Gasteiger partial charge in [0.2, 0.25) is 0 Å². The minimum absolute atomic E-state index is 0.0272. The zero-order valence-corrected chi connectivity index (χ0v) is 17.4. The van der Waals surface area contributed by atoms with Crippen LogP contribution in [0.3, 0.4) is 0 Å². The Morgan fingerprint density at radius 2 is 1.97 bits per heavy atom. The quantitative estimate of drug-likeness (QED) is 0.664. The lowest BCUT2D eigenvalue weighted by Crippen LogP contribution is -2.39. The van der Waals surface area contributed by atoms with Crippen molar-refractivity contribution in [3.05, 3.63) is 53.1 Å². The number of halogens is 1. The van der Waals surface area contributed by atoms with Crippen molar-refractivity contribution in [3.63, 3.8) is 0 Å². The number of anilines is 1. The van der Waals surface area contributed by atoms with Crippen LogP contribution in [0.2, 0.25) is 5.02 Å². The molecule has 2 aromatic carbocycles. The van der Waals surface area contributed by atoms with Gasteiger partial charge in [0.25, 0.3) is 5.91 Å². The third kappa shape index (κ3) is 5.41. The van der Waals surface area contributed by atoms with Crippen LogP contribution in [0.1, 0.15) is 30.1 Å². The Morgan fingerprint density at radius 1 is 1.21 bits per heavy atom. The van der Waals surface area contributed by atoms with Crippen LogP contribution in [0.25, 0.3) is 0 Å². The number of ketones is 1. The molecule has 29 heavy (non-hydrogen) atoms. The average Bonchev–Trinajstić information content (AvgIpc) is 3.20. The Morgan fingerprint density at radius 3 is 2.66 bits per heavy atom. The van der Waals surface area contributed by atoms with Gasteiger partial charge in [-0.3, -0.25) is 9.59 Å². The Kier molecular flexibility index (Phi) is 6.99. The van der Waals surface area contributed by atoms with E-state index in [0.29, 0.717) is 29.3 Å². The zero-order chi connectivity index (χ0) is 20.8. The van der Waals surface area contributed by atoms with Crippen LogP contribution in [-0.4, -0.2) is 44.5 Å². The van der Waals surface area contributed by atoms with E-state index in [-0.39, 0.29) is 24.3 Å². The van der Waals surface area contributed by atoms with Crippen molar-refractivity contribution in [1.29, 1.82) is 0 Å². The normalized spacial score (nSPS) is 15.8. The summed E-state index contributed by atoms with van der Waals surface area (Å²) in [6, 6.07) is 12.4. The molecule has 6 nitrogen and oxygen atoms in total. The fraction of sp³-hybridized carbons (Fsp3) is 0.364. The van der Waals surface area contributed by atoms with Gasteiger partial charge in [0.05, 0.1) is 12.8 Å². The second kappa shape index (κ2) is 9.65. The molecule has 1 atom stereocenters. The highest BCUT2D eigenvalue weighted by atomic mass is 35.5. The van der Waals surface area contributed by atoms with Crippen LogP contribution in [0, 0.1) is 0 Å². The van der Waals surface area contributed by atoms with Gasteiger partial charge in [0.15, 0.2) is 12.4 Å². The summed E-state index contributed by atoms with van der Waals surface area (Å²) < 4.78 is 11.0. The molecule has 3 rings (SSSR count). The summed E-state index contributed by atoms with van der Waals surface area (Å²) in [6.07, 6.45) is 1.29. The molecule has 0 saturated carbocycles. The lowest BCUT2D eigenvalue weighted by molar-refractivity contribution is -0.123. The first-order chi connectivity index (χ1) is 14.0. The van der Waals surface area contributed by atoms with Crippen LogP contribution >= 0.6 is 11.6 Å². The van der Waals surface area contributed by atoms with E-state index in [1.807, 2.05) is 19.1 Å². The van der Waals surface area contributed by atoms with Gasteiger partial charge in [-0.25, -0.2) is 0 Å². The van der Waals surface area contributed by atoms with Crippen LogP contribution < -0.4 is 19.7 Å². The minimum atomic E-state index is -0.177. The number of nitrogens with one attached hydrogen (secondary N) is 1. The fourth-order valence-corrected chi connectivity index (χ4v) is 3.53. The van der Waals surface area contributed by atoms with Crippen molar-refractivity contribution in [1.82, 2.24) is 5.32 Å². The highest BCUT2D eigenvalue weighted by Crippen LogP contribution is 2.33. The van der Waals surface area contributed by atoms with Gasteiger partial charge in [0.1, 0.15) is 11.5 Å². The molecule has 1 amide bonds. The Labute approximate surface area is 175 Å². The number of ether oxygens (including phenoxy) is 2. The molecular formula is C22H25ClN2O4. The molecule has 1 heterocycles. The van der Waals surface area contributed by atoms with Gasteiger partial charge in [-0.15, -0.1) is 0 Å². The summed E-state index contributed by atoms with van der Waals surface area (Å²) in [6.45, 7) is 3.23. The first-order valence-corrected chi connectivity index (χ1v) is 10.0. The van der Waals surface area contributed by atoms with Gasteiger partial charge in [-0.05, 0) is 48.9 Å². The number of benzene rings is 2. The lowest BCUT2D eigenvalue weighted by Gasteiger charge is -2.21. The van der Waals surface area contributed by atoms with Crippen molar-refractivity contribution in [2.24, 2.45) is 0 Å². The van der Waals surface area contributed by atoms with Crippen molar-refractivity contribution < 1.29 is 19.1 Å². The number of rotatable bonds is 8. The minimum Gasteiger partial charge on any atom is -0.495 e. The summed E-state index contributed by atoms with van der Waals surface area (Å²) >= 11 is 6.12. The molecule has 7 heteroatoms. The maximum Gasteiger partial charge on any atom is 0.258 e. The molecule has 1 unspecified atom stereocenters. The molecule has 0 aliphatic carbocycles. The predicted molar refractivity (Wildman–Crippen MR) is 113 cm³/mol. The third-order valence-corrected chi connectivity index (χ3v) is 5.14. The van der Waals surface area contributed by atoms with Gasteiger partial charge < -0.3 is 19.7 Å². The summed E-state index contributed by atoms with van der Waals surface area (Å²) in [4.78, 5) is 26.1. The van der Waals surface area contributed by atoms with Crippen molar-refractivity contribution in [2.75, 3.05) is 31.7 Å². The monoisotopic (exact) mass is 416 g/mol. The summed E-state index contributed by atoms with van der Waals surface area (Å²) in [5.74, 6) is 1.22. The molecule has 1 saturated heterocycles. The van der Waals surface area contributed by atoms with E-state index < -0.39 is 0 Å². The second-order valence-electron chi connectivity index (χ2n) is 6.91. The highest BCUT2D eigenvalue weighted by molar-refractivity contribution is 6.30. The third-order valence-electron chi connectivity index (χ3n) is 4.90. The van der Waals surface area contributed by atoms with Crippen molar-refractivity contribution in [2.45, 2.75) is 25.8 Å². The van der Waals surface area contributed by atoms with Crippen LogP contribution in [0.15, 0.2) is 42.5 Å². The molecular weight excluding hydrogens is 392 g/mol. The molecule has 1 aliphatic rings. The van der Waals surface area contributed by atoms with E-state index in [0.717, 1.165) is 24.4 Å². The molecule has 154 valence electrons. The van der Waals surface area contributed by atoms with Gasteiger partial charge in [0, 0.05) is 36.1 Å². The molecule has 1 aliphatic heterocycles. The van der Waals surface area contributed by atoms with E-state index >= 15 is 0 Å². The molecule has 0 aromatic heterocycles. The average molecular weight is 417 g/mol. The topological polar surface area (TPSA) is 67.9 Å². The SMILES string of the molecule is CCC(=O)c1ccc(OCC(=O)NC2CCN(c3cc(Cl)ccc3OC)C2)cc1. The number of hydrogen-bond acceptors (Lipinski definition) is 5. The van der Waals surface area contributed by atoms with Crippen molar-refractivity contribution in [3.8, 4) is 11.5 Å². The van der Waals surface area contributed by atoms with Gasteiger partial charge in [-0.2, -0.15) is 0 Å². The second-order valence-corrected chi connectivity index (χ2v) is 7.34. The van der Waals surface area contributed by atoms with Gasteiger partial charge >= 0.3 is 0 Å². The highest BCUT2D eigenvalue weighted by Gasteiger charge is 2.26. The Bertz CT molecular complexity index is 870. The number of carbonyl (C=O) groups is 2. The molecule has 0 radical (unpaired) electrons. The number of methoxy groups -OCH3 is 1. The standard InChI is InChI=1S/C22H25ClN2O4/c1-3-20(26)15-4-7-18(8-5-15)29-14-22(27)24-17-10-11-25(13-17)19-12-16(23)6-9-21(19)28-2/h4-9,12,17H,3,10-11,13-14H2,1-2H3,(H,24,27). The summed E-state index contributed by atoms with van der Waals surface area (Å²) in [5, 5.41) is 3.65. The van der Waals surface area contributed by atoms with E-state index in [9.17, 15) is 9.59 Å². The molecule has 1 fully saturated rings. The summed E-state index contributed by atoms with van der Waals surface area (Å²) in [7, 11) is 1.63. The molecule has 1 N–H and O–H groups in total. The first kappa shape index (κ1) is 21.0. The molecule has 0 spiro atoms. The number of carbonyl (C=O) groups excluding carboxylic acids is 2. The smallest absolute Gasteiger partial charge is 0.258 e. The number of nitrogens with zero attached hydrogens (tertiary/aromatic N) is 1. The van der Waals surface area contributed by atoms with Crippen LogP contribution in [0.4, 0.5) is 5.69 Å². The maximum absolute atomic E-state index is 12.3. The van der Waals surface area contributed by atoms with Crippen molar-refractivity contribution >= 4 is 29.0 Å². The fourth-order valence-electron chi connectivity index (χ4n) is 3.37. The Hall–Kier alpha value is -2.73. The van der Waals surface area contributed by atoms with E-state index in [1.165, 1.54) is 0 Å². The first-order valence-electron chi connectivity index (χ1n) is 9.64. The van der Waals surface area contributed by atoms with E-state index in [1.54, 1.807) is 37.4 Å². The van der Waals surface area contributed by atoms with Crippen LogP contribution in [-0.2, 0) is 4.79 Å². The maximum atomic E-state index is 12.3. The van der Waals surface area contributed by atoms with E-state index in [2.05, 4.69) is 10.2 Å². The number of Topliss-reactive ketones (excluding diaryl/α,β-unsaturated/α-hetero) is 1. The van der Waals surface area contributed by atoms with E-state index in [4.69, 9.17) is 21.1 Å².